The zero-order valence-electron chi connectivity index (χ0n) is 9.71. The van der Waals surface area contributed by atoms with E-state index in [4.69, 9.17) is 5.11 Å². The zero-order chi connectivity index (χ0) is 11.1. The number of hydrogen-bond acceptors (Lipinski definition) is 2. The van der Waals surface area contributed by atoms with Crippen molar-refractivity contribution in [3.05, 3.63) is 35.9 Å². The Balaban J connectivity index is 1.64. The second-order valence-corrected chi connectivity index (χ2v) is 5.21. The summed E-state index contributed by atoms with van der Waals surface area (Å²) in [6.07, 6.45) is 0. The monoisotopic (exact) mass is 217 g/mol. The van der Waals surface area contributed by atoms with E-state index in [0.717, 1.165) is 11.8 Å². The van der Waals surface area contributed by atoms with Crippen LogP contribution in [0.1, 0.15) is 18.5 Å². The van der Waals surface area contributed by atoms with Crippen LogP contribution in [-0.4, -0.2) is 29.7 Å². The first kappa shape index (κ1) is 10.3. The van der Waals surface area contributed by atoms with E-state index in [1.807, 2.05) is 0 Å². The molecule has 0 spiro atoms. The molecule has 0 aromatic heterocycles. The van der Waals surface area contributed by atoms with Gasteiger partial charge in [0.2, 0.25) is 0 Å². The van der Waals surface area contributed by atoms with Crippen molar-refractivity contribution in [3.63, 3.8) is 0 Å². The molecular formula is C14H19NO. The van der Waals surface area contributed by atoms with Gasteiger partial charge in [-0.2, -0.15) is 0 Å². The smallest absolute Gasteiger partial charge is 0.0465 e. The highest BCUT2D eigenvalue weighted by Gasteiger charge is 2.55. The number of aliphatic hydroxyl groups excluding tert-OH is 1. The summed E-state index contributed by atoms with van der Waals surface area (Å²) >= 11 is 0. The molecule has 0 amide bonds. The number of rotatable bonds is 3. The van der Waals surface area contributed by atoms with Crippen molar-refractivity contribution in [1.82, 2.24) is 4.90 Å². The summed E-state index contributed by atoms with van der Waals surface area (Å²) in [5.74, 6) is 2.16. The molecule has 1 aromatic rings. The van der Waals surface area contributed by atoms with Gasteiger partial charge in [0.05, 0.1) is 0 Å². The highest BCUT2D eigenvalue weighted by Crippen LogP contribution is 2.52. The van der Waals surface area contributed by atoms with Crippen LogP contribution >= 0.6 is 0 Å². The maximum Gasteiger partial charge on any atom is 0.0465 e. The van der Waals surface area contributed by atoms with Crippen LogP contribution in [0, 0.1) is 17.8 Å². The Hall–Kier alpha value is -0.860. The Morgan fingerprint density at radius 3 is 2.44 bits per heavy atom. The van der Waals surface area contributed by atoms with Crippen molar-refractivity contribution < 1.29 is 5.11 Å². The molecule has 16 heavy (non-hydrogen) atoms. The minimum Gasteiger partial charge on any atom is -0.396 e. The molecule has 0 radical (unpaired) electrons. The van der Waals surface area contributed by atoms with Gasteiger partial charge in [0.1, 0.15) is 0 Å². The van der Waals surface area contributed by atoms with E-state index < -0.39 is 0 Å². The van der Waals surface area contributed by atoms with Crippen molar-refractivity contribution >= 4 is 0 Å². The van der Waals surface area contributed by atoms with Gasteiger partial charge < -0.3 is 5.11 Å². The highest BCUT2D eigenvalue weighted by molar-refractivity contribution is 5.19. The lowest BCUT2D eigenvalue weighted by atomic mass is 10.1. The van der Waals surface area contributed by atoms with E-state index in [1.54, 1.807) is 0 Å². The molecule has 1 heterocycles. The summed E-state index contributed by atoms with van der Waals surface area (Å²) in [7, 11) is 0. The largest absolute Gasteiger partial charge is 0.396 e. The van der Waals surface area contributed by atoms with Gasteiger partial charge in [0, 0.05) is 25.7 Å². The van der Waals surface area contributed by atoms with E-state index in [9.17, 15) is 0 Å². The zero-order valence-corrected chi connectivity index (χ0v) is 9.71. The van der Waals surface area contributed by atoms with Crippen LogP contribution in [0.15, 0.2) is 30.3 Å². The molecule has 1 aliphatic carbocycles. The topological polar surface area (TPSA) is 23.5 Å². The molecule has 1 aromatic carbocycles. The third-order valence-electron chi connectivity index (χ3n) is 4.44. The maximum atomic E-state index is 9.14. The molecular weight excluding hydrogens is 198 g/mol. The van der Waals surface area contributed by atoms with E-state index in [0.29, 0.717) is 18.6 Å². The molecule has 86 valence electrons. The fourth-order valence-electron chi connectivity index (χ4n) is 3.21. The summed E-state index contributed by atoms with van der Waals surface area (Å²) in [6, 6.07) is 11.2. The molecule has 4 atom stereocenters. The number of likely N-dealkylation sites (tertiary alicyclic amines) is 1. The van der Waals surface area contributed by atoms with Gasteiger partial charge >= 0.3 is 0 Å². The third kappa shape index (κ3) is 1.57. The average Bonchev–Trinajstić information content (AvgIpc) is 2.81. The first-order valence-electron chi connectivity index (χ1n) is 6.21. The van der Waals surface area contributed by atoms with Gasteiger partial charge in [0.15, 0.2) is 0 Å². The van der Waals surface area contributed by atoms with Crippen molar-refractivity contribution in [2.24, 2.45) is 17.8 Å². The number of aliphatic hydroxyl groups is 1. The first-order chi connectivity index (χ1) is 7.81. The van der Waals surface area contributed by atoms with Gasteiger partial charge in [-0.15, -0.1) is 0 Å². The molecule has 1 N–H and O–H groups in total. The Morgan fingerprint density at radius 1 is 1.25 bits per heavy atom. The summed E-state index contributed by atoms with van der Waals surface area (Å²) < 4.78 is 0. The van der Waals surface area contributed by atoms with Crippen molar-refractivity contribution in [1.29, 1.82) is 0 Å². The van der Waals surface area contributed by atoms with Crippen LogP contribution in [0.5, 0.6) is 0 Å². The third-order valence-corrected chi connectivity index (χ3v) is 4.44. The molecule has 1 saturated carbocycles. The average molecular weight is 217 g/mol. The van der Waals surface area contributed by atoms with E-state index in [2.05, 4.69) is 42.2 Å². The number of hydrogen-bond donors (Lipinski definition) is 1. The summed E-state index contributed by atoms with van der Waals surface area (Å²) in [6.45, 7) is 5.02. The maximum absolute atomic E-state index is 9.14. The Labute approximate surface area is 96.9 Å². The lowest BCUT2D eigenvalue weighted by Crippen LogP contribution is -2.28. The number of piperidine rings is 1. The molecule has 2 nitrogen and oxygen atoms in total. The normalized spacial score (nSPS) is 34.8. The first-order valence-corrected chi connectivity index (χ1v) is 6.21. The standard InChI is InChI=1S/C14H19NO/c1-10(11-5-3-2-4-6-11)15-7-12-13(8-15)14(12)9-16/h2-6,10,12-14,16H,7-9H2,1H3/t10?,12-,13+,14+. The van der Waals surface area contributed by atoms with Crippen LogP contribution in [0.3, 0.4) is 0 Å². The molecule has 1 unspecified atom stereocenters. The van der Waals surface area contributed by atoms with E-state index in [-0.39, 0.29) is 0 Å². The van der Waals surface area contributed by atoms with Crippen LogP contribution in [-0.2, 0) is 0 Å². The summed E-state index contributed by atoms with van der Waals surface area (Å²) in [4.78, 5) is 2.55. The van der Waals surface area contributed by atoms with Crippen molar-refractivity contribution in [2.75, 3.05) is 19.7 Å². The minimum absolute atomic E-state index is 0.392. The number of benzene rings is 1. The quantitative estimate of drug-likeness (QED) is 0.836. The molecule has 2 aliphatic rings. The second kappa shape index (κ2) is 3.86. The molecule has 2 heteroatoms. The molecule has 1 saturated heterocycles. The van der Waals surface area contributed by atoms with Gasteiger partial charge in [-0.3, -0.25) is 4.90 Å². The fraction of sp³-hybridized carbons (Fsp3) is 0.571. The van der Waals surface area contributed by atoms with Crippen molar-refractivity contribution in [2.45, 2.75) is 13.0 Å². The van der Waals surface area contributed by atoms with Crippen LogP contribution in [0.25, 0.3) is 0 Å². The second-order valence-electron chi connectivity index (χ2n) is 5.21. The van der Waals surface area contributed by atoms with Gasteiger partial charge in [-0.05, 0) is 30.2 Å². The molecule has 3 rings (SSSR count). The van der Waals surface area contributed by atoms with Crippen molar-refractivity contribution in [3.8, 4) is 0 Å². The highest BCUT2D eigenvalue weighted by atomic mass is 16.3. The van der Waals surface area contributed by atoms with Crippen LogP contribution in [0.2, 0.25) is 0 Å². The van der Waals surface area contributed by atoms with Gasteiger partial charge in [-0.25, -0.2) is 0 Å². The molecule has 2 fully saturated rings. The lowest BCUT2D eigenvalue weighted by molar-refractivity contribution is 0.191. The Kier molecular flexibility index (Phi) is 2.49. The predicted octanol–water partition coefficient (Wildman–Crippen LogP) is 1.92. The summed E-state index contributed by atoms with van der Waals surface area (Å²) in [5, 5.41) is 9.14. The van der Waals surface area contributed by atoms with Crippen LogP contribution < -0.4 is 0 Å². The van der Waals surface area contributed by atoms with Gasteiger partial charge in [-0.1, -0.05) is 30.3 Å². The predicted molar refractivity (Wildman–Crippen MR) is 64.0 cm³/mol. The van der Waals surface area contributed by atoms with Gasteiger partial charge in [0.25, 0.3) is 0 Å². The Morgan fingerprint density at radius 2 is 1.88 bits per heavy atom. The minimum atomic E-state index is 0.392. The van der Waals surface area contributed by atoms with E-state index >= 15 is 0 Å². The van der Waals surface area contributed by atoms with E-state index in [1.165, 1.54) is 18.7 Å². The lowest BCUT2D eigenvalue weighted by Gasteiger charge is -2.26. The number of fused-ring (bicyclic) bond motifs is 1. The molecule has 0 bridgehead atoms. The molecule has 1 aliphatic heterocycles. The Bertz CT molecular complexity index is 352. The SMILES string of the molecule is CC(c1ccccc1)N1C[C@@H]2[C@@H](CO)[C@@H]2C1. The van der Waals surface area contributed by atoms with Crippen LogP contribution in [0.4, 0.5) is 0 Å². The summed E-state index contributed by atoms with van der Waals surface area (Å²) in [5.41, 5.74) is 1.41. The number of nitrogens with zero attached hydrogens (tertiary/aromatic N) is 1. The fourth-order valence-corrected chi connectivity index (χ4v) is 3.21.